The fourth-order valence-corrected chi connectivity index (χ4v) is 1.89. The van der Waals surface area contributed by atoms with Crippen LogP contribution in [0.5, 0.6) is 0 Å². The molecule has 0 amide bonds. The van der Waals surface area contributed by atoms with Crippen LogP contribution in [0.1, 0.15) is 46.6 Å². The van der Waals surface area contributed by atoms with E-state index in [0.29, 0.717) is 18.1 Å². The van der Waals surface area contributed by atoms with Crippen molar-refractivity contribution < 1.29 is 4.79 Å². The Balaban J connectivity index is 2.57. The fourth-order valence-electron chi connectivity index (χ4n) is 1.89. The maximum Gasteiger partial charge on any atom is 0.139 e. The molecule has 0 aromatic heterocycles. The van der Waals surface area contributed by atoms with Crippen LogP contribution < -0.4 is 5.32 Å². The standard InChI is InChI=1S/C17H27NO/c1-13(2)15(11-16(19)17(3,4)5)18-12-14-9-7-6-8-10-14/h6-10,13,15,18H,11-12H2,1-5H3. The average Bonchev–Trinajstić information content (AvgIpc) is 2.33. The van der Waals surface area contributed by atoms with E-state index in [-0.39, 0.29) is 11.5 Å². The molecule has 0 heterocycles. The predicted octanol–water partition coefficient (Wildman–Crippen LogP) is 3.81. The number of Topliss-reactive ketones (excluding diaryl/α,β-unsaturated/α-hetero) is 1. The molecule has 0 bridgehead atoms. The molecule has 0 spiro atoms. The summed E-state index contributed by atoms with van der Waals surface area (Å²) in [5, 5.41) is 3.52. The van der Waals surface area contributed by atoms with Crippen LogP contribution in [0.15, 0.2) is 30.3 Å². The normalized spacial score (nSPS) is 13.6. The van der Waals surface area contributed by atoms with Gasteiger partial charge in [-0.1, -0.05) is 65.0 Å². The summed E-state index contributed by atoms with van der Waals surface area (Å²) in [5.41, 5.74) is 1.01. The maximum atomic E-state index is 12.2. The van der Waals surface area contributed by atoms with E-state index in [0.717, 1.165) is 6.54 Å². The van der Waals surface area contributed by atoms with Crippen molar-refractivity contribution in [3.05, 3.63) is 35.9 Å². The molecule has 0 saturated heterocycles. The first kappa shape index (κ1) is 15.9. The average molecular weight is 261 g/mol. The van der Waals surface area contributed by atoms with Gasteiger partial charge in [0.05, 0.1) is 0 Å². The monoisotopic (exact) mass is 261 g/mol. The maximum absolute atomic E-state index is 12.2. The Kier molecular flexibility index (Phi) is 5.74. The minimum atomic E-state index is -0.248. The molecule has 0 saturated carbocycles. The second kappa shape index (κ2) is 6.85. The molecule has 2 heteroatoms. The van der Waals surface area contributed by atoms with Crippen molar-refractivity contribution in [3.8, 4) is 0 Å². The molecule has 1 unspecified atom stereocenters. The van der Waals surface area contributed by atoms with Gasteiger partial charge in [0.2, 0.25) is 0 Å². The van der Waals surface area contributed by atoms with E-state index in [1.165, 1.54) is 5.56 Å². The zero-order valence-corrected chi connectivity index (χ0v) is 12.9. The Morgan fingerprint density at radius 1 is 1.16 bits per heavy atom. The lowest BCUT2D eigenvalue weighted by molar-refractivity contribution is -0.127. The van der Waals surface area contributed by atoms with Gasteiger partial charge < -0.3 is 5.32 Å². The molecule has 0 aliphatic rings. The molecule has 0 radical (unpaired) electrons. The fraction of sp³-hybridized carbons (Fsp3) is 0.588. The minimum Gasteiger partial charge on any atom is -0.309 e. The highest BCUT2D eigenvalue weighted by atomic mass is 16.1. The van der Waals surface area contributed by atoms with Crippen LogP contribution in [0.2, 0.25) is 0 Å². The van der Waals surface area contributed by atoms with Crippen molar-refractivity contribution in [1.82, 2.24) is 5.32 Å². The topological polar surface area (TPSA) is 29.1 Å². The van der Waals surface area contributed by atoms with E-state index in [9.17, 15) is 4.79 Å². The summed E-state index contributed by atoms with van der Waals surface area (Å²) in [5.74, 6) is 0.779. The van der Waals surface area contributed by atoms with E-state index >= 15 is 0 Å². The van der Waals surface area contributed by atoms with Crippen molar-refractivity contribution in [3.63, 3.8) is 0 Å². The van der Waals surface area contributed by atoms with Crippen molar-refractivity contribution in [2.24, 2.45) is 11.3 Å². The van der Waals surface area contributed by atoms with Crippen LogP contribution in [0.4, 0.5) is 0 Å². The predicted molar refractivity (Wildman–Crippen MR) is 81.0 cm³/mol. The first-order chi connectivity index (χ1) is 8.80. The highest BCUT2D eigenvalue weighted by Gasteiger charge is 2.25. The number of rotatable bonds is 6. The molecule has 19 heavy (non-hydrogen) atoms. The Morgan fingerprint density at radius 2 is 1.74 bits per heavy atom. The summed E-state index contributed by atoms with van der Waals surface area (Å²) in [6.07, 6.45) is 0.605. The van der Waals surface area contributed by atoms with Crippen LogP contribution >= 0.6 is 0 Å². The van der Waals surface area contributed by atoms with E-state index in [1.54, 1.807) is 0 Å². The molecule has 0 aliphatic heterocycles. The van der Waals surface area contributed by atoms with Gasteiger partial charge in [-0.15, -0.1) is 0 Å². The molecule has 0 aliphatic carbocycles. The van der Waals surface area contributed by atoms with Gasteiger partial charge in [-0.25, -0.2) is 0 Å². The lowest BCUT2D eigenvalue weighted by atomic mass is 9.85. The lowest BCUT2D eigenvalue weighted by Gasteiger charge is -2.26. The first-order valence-corrected chi connectivity index (χ1v) is 7.11. The molecule has 1 aromatic carbocycles. The van der Waals surface area contributed by atoms with Gasteiger partial charge in [0.15, 0.2) is 0 Å². The Morgan fingerprint density at radius 3 is 2.21 bits per heavy atom. The summed E-state index contributed by atoms with van der Waals surface area (Å²) >= 11 is 0. The number of ketones is 1. The van der Waals surface area contributed by atoms with Gasteiger partial charge in [-0.3, -0.25) is 4.79 Å². The lowest BCUT2D eigenvalue weighted by Crippen LogP contribution is -2.38. The number of hydrogen-bond donors (Lipinski definition) is 1. The highest BCUT2D eigenvalue weighted by Crippen LogP contribution is 2.20. The molecule has 1 N–H and O–H groups in total. The number of carbonyl (C=O) groups is 1. The van der Waals surface area contributed by atoms with Gasteiger partial charge in [0.1, 0.15) is 5.78 Å². The third-order valence-corrected chi connectivity index (χ3v) is 3.46. The molecular weight excluding hydrogens is 234 g/mol. The second-order valence-electron chi connectivity index (χ2n) is 6.59. The van der Waals surface area contributed by atoms with E-state index < -0.39 is 0 Å². The van der Waals surface area contributed by atoms with Crippen molar-refractivity contribution in [2.75, 3.05) is 0 Å². The highest BCUT2D eigenvalue weighted by molar-refractivity contribution is 5.84. The summed E-state index contributed by atoms with van der Waals surface area (Å²) in [6.45, 7) is 11.1. The van der Waals surface area contributed by atoms with Gasteiger partial charge in [-0.05, 0) is 11.5 Å². The van der Waals surface area contributed by atoms with Crippen LogP contribution in [0.3, 0.4) is 0 Å². The SMILES string of the molecule is CC(C)C(CC(=O)C(C)(C)C)NCc1ccccc1. The second-order valence-corrected chi connectivity index (χ2v) is 6.59. The van der Waals surface area contributed by atoms with E-state index in [2.05, 4.69) is 31.3 Å². The molecule has 1 aromatic rings. The van der Waals surface area contributed by atoms with Crippen molar-refractivity contribution in [2.45, 2.75) is 53.6 Å². The van der Waals surface area contributed by atoms with E-state index in [1.807, 2.05) is 39.0 Å². The summed E-state index contributed by atoms with van der Waals surface area (Å²) < 4.78 is 0. The summed E-state index contributed by atoms with van der Waals surface area (Å²) in [7, 11) is 0. The van der Waals surface area contributed by atoms with Gasteiger partial charge in [0.25, 0.3) is 0 Å². The van der Waals surface area contributed by atoms with E-state index in [4.69, 9.17) is 0 Å². The van der Waals surface area contributed by atoms with Crippen molar-refractivity contribution in [1.29, 1.82) is 0 Å². The van der Waals surface area contributed by atoms with Crippen molar-refractivity contribution >= 4 is 5.78 Å². The zero-order chi connectivity index (χ0) is 14.5. The number of nitrogens with one attached hydrogen (secondary N) is 1. The zero-order valence-electron chi connectivity index (χ0n) is 12.9. The molecule has 1 rings (SSSR count). The van der Waals surface area contributed by atoms with Crippen LogP contribution in [-0.2, 0) is 11.3 Å². The van der Waals surface area contributed by atoms with Gasteiger partial charge >= 0.3 is 0 Å². The number of benzene rings is 1. The first-order valence-electron chi connectivity index (χ1n) is 7.11. The summed E-state index contributed by atoms with van der Waals surface area (Å²) in [6, 6.07) is 10.6. The number of hydrogen-bond acceptors (Lipinski definition) is 2. The quantitative estimate of drug-likeness (QED) is 0.843. The molecular formula is C17H27NO. The van der Waals surface area contributed by atoms with Gasteiger partial charge in [0, 0.05) is 24.4 Å². The van der Waals surface area contributed by atoms with Crippen LogP contribution in [0.25, 0.3) is 0 Å². The summed E-state index contributed by atoms with van der Waals surface area (Å²) in [4.78, 5) is 12.2. The minimum absolute atomic E-state index is 0.243. The molecule has 106 valence electrons. The van der Waals surface area contributed by atoms with Crippen LogP contribution in [-0.4, -0.2) is 11.8 Å². The molecule has 2 nitrogen and oxygen atoms in total. The molecule has 1 atom stereocenters. The smallest absolute Gasteiger partial charge is 0.139 e. The van der Waals surface area contributed by atoms with Crippen LogP contribution in [0, 0.1) is 11.3 Å². The Hall–Kier alpha value is -1.15. The largest absolute Gasteiger partial charge is 0.309 e. The molecule has 0 fully saturated rings. The Bertz CT molecular complexity index is 389. The van der Waals surface area contributed by atoms with Gasteiger partial charge in [-0.2, -0.15) is 0 Å². The third kappa shape index (κ3) is 5.56. The third-order valence-electron chi connectivity index (χ3n) is 3.46. The number of carbonyl (C=O) groups excluding carboxylic acids is 1. The Labute approximate surface area is 117 Å².